The fraction of sp³-hybridized carbons (Fsp3) is 0.533. The lowest BCUT2D eigenvalue weighted by Crippen LogP contribution is -2.33. The van der Waals surface area contributed by atoms with E-state index in [1.165, 1.54) is 0 Å². The average Bonchev–Trinajstić information content (AvgIpc) is 2.82. The Kier molecular flexibility index (Phi) is 4.93. The van der Waals surface area contributed by atoms with Gasteiger partial charge in [-0.1, -0.05) is 24.6 Å². The fourth-order valence-electron chi connectivity index (χ4n) is 2.69. The third kappa shape index (κ3) is 3.55. The lowest BCUT2D eigenvalue weighted by Gasteiger charge is -2.16. The molecule has 0 aromatic heterocycles. The van der Waals surface area contributed by atoms with Crippen LogP contribution in [-0.4, -0.2) is 30.2 Å². The summed E-state index contributed by atoms with van der Waals surface area (Å²) in [6, 6.07) is 7.54. The Hall–Kier alpha value is -1.39. The van der Waals surface area contributed by atoms with Gasteiger partial charge in [-0.05, 0) is 37.4 Å². The van der Waals surface area contributed by atoms with Gasteiger partial charge >= 0.3 is 0 Å². The summed E-state index contributed by atoms with van der Waals surface area (Å²) in [7, 11) is 0. The van der Waals surface area contributed by atoms with Gasteiger partial charge in [-0.2, -0.15) is 0 Å². The second-order valence-corrected chi connectivity index (χ2v) is 5.16. The van der Waals surface area contributed by atoms with E-state index in [9.17, 15) is 9.90 Å². The number of carbonyl (C=O) groups is 1. The molecule has 2 rings (SSSR count). The first-order valence-electron chi connectivity index (χ1n) is 6.96. The van der Waals surface area contributed by atoms with Crippen molar-refractivity contribution in [2.24, 2.45) is 11.7 Å². The zero-order valence-electron chi connectivity index (χ0n) is 11.1. The highest BCUT2D eigenvalue weighted by atomic mass is 16.3. The predicted octanol–water partition coefficient (Wildman–Crippen LogP) is 1.08. The minimum atomic E-state index is -0.264. The molecule has 0 heterocycles. The zero-order valence-corrected chi connectivity index (χ0v) is 11.1. The lowest BCUT2D eigenvalue weighted by molar-refractivity contribution is 0.0916. The average molecular weight is 262 g/mol. The van der Waals surface area contributed by atoms with E-state index < -0.39 is 0 Å². The molecule has 0 spiro atoms. The third-order valence-electron chi connectivity index (χ3n) is 3.82. The molecule has 2 unspecified atom stereocenters. The van der Waals surface area contributed by atoms with Gasteiger partial charge in [-0.3, -0.25) is 4.79 Å². The molecule has 1 aliphatic carbocycles. The molecule has 19 heavy (non-hydrogen) atoms. The van der Waals surface area contributed by atoms with E-state index in [0.717, 1.165) is 24.8 Å². The molecule has 2 atom stereocenters. The summed E-state index contributed by atoms with van der Waals surface area (Å²) in [4.78, 5) is 12.2. The number of benzene rings is 1. The van der Waals surface area contributed by atoms with Crippen molar-refractivity contribution in [1.29, 1.82) is 0 Å². The van der Waals surface area contributed by atoms with Gasteiger partial charge in [0.15, 0.2) is 0 Å². The molecule has 0 bridgehead atoms. The summed E-state index contributed by atoms with van der Waals surface area (Å²) in [5.74, 6) is 0.133. The third-order valence-corrected chi connectivity index (χ3v) is 3.82. The largest absolute Gasteiger partial charge is 0.393 e. The van der Waals surface area contributed by atoms with Gasteiger partial charge in [0.25, 0.3) is 5.91 Å². The summed E-state index contributed by atoms with van der Waals surface area (Å²) < 4.78 is 0. The molecular weight excluding hydrogens is 240 g/mol. The van der Waals surface area contributed by atoms with Gasteiger partial charge in [0, 0.05) is 18.0 Å². The van der Waals surface area contributed by atoms with Crippen LogP contribution in [0.4, 0.5) is 0 Å². The maximum absolute atomic E-state index is 12.2. The van der Waals surface area contributed by atoms with Crippen molar-refractivity contribution in [1.82, 2.24) is 5.32 Å². The van der Waals surface area contributed by atoms with Crippen LogP contribution in [-0.2, 0) is 6.42 Å². The molecule has 104 valence electrons. The Labute approximate surface area is 114 Å². The predicted molar refractivity (Wildman–Crippen MR) is 74.9 cm³/mol. The van der Waals surface area contributed by atoms with Gasteiger partial charge < -0.3 is 16.2 Å². The number of carbonyl (C=O) groups excluding carboxylic acids is 1. The Bertz CT molecular complexity index is 434. The van der Waals surface area contributed by atoms with Crippen LogP contribution in [0.15, 0.2) is 24.3 Å². The summed E-state index contributed by atoms with van der Waals surface area (Å²) >= 11 is 0. The molecule has 1 saturated carbocycles. The van der Waals surface area contributed by atoms with E-state index in [2.05, 4.69) is 5.32 Å². The molecule has 0 aliphatic heterocycles. The summed E-state index contributed by atoms with van der Waals surface area (Å²) in [6.45, 7) is 1.09. The molecule has 0 saturated heterocycles. The summed E-state index contributed by atoms with van der Waals surface area (Å²) in [5.41, 5.74) is 7.23. The number of aliphatic hydroxyl groups excluding tert-OH is 1. The second-order valence-electron chi connectivity index (χ2n) is 5.16. The van der Waals surface area contributed by atoms with Gasteiger partial charge in [0.1, 0.15) is 0 Å². The van der Waals surface area contributed by atoms with Crippen LogP contribution in [0.1, 0.15) is 35.2 Å². The summed E-state index contributed by atoms with van der Waals surface area (Å²) in [6.07, 6.45) is 3.33. The molecule has 1 aromatic carbocycles. The molecule has 4 N–H and O–H groups in total. The van der Waals surface area contributed by atoms with Crippen LogP contribution in [0.5, 0.6) is 0 Å². The number of hydrogen-bond donors (Lipinski definition) is 3. The van der Waals surface area contributed by atoms with Gasteiger partial charge in [0.05, 0.1) is 6.10 Å². The van der Waals surface area contributed by atoms with Crippen LogP contribution in [0.2, 0.25) is 0 Å². The smallest absolute Gasteiger partial charge is 0.251 e. The monoisotopic (exact) mass is 262 g/mol. The Balaban J connectivity index is 1.95. The van der Waals surface area contributed by atoms with Gasteiger partial charge in [-0.15, -0.1) is 0 Å². The van der Waals surface area contributed by atoms with Crippen LogP contribution in [0.25, 0.3) is 0 Å². The van der Waals surface area contributed by atoms with E-state index >= 15 is 0 Å². The molecule has 4 heteroatoms. The van der Waals surface area contributed by atoms with Crippen molar-refractivity contribution < 1.29 is 9.90 Å². The molecule has 1 aromatic rings. The van der Waals surface area contributed by atoms with E-state index in [1.807, 2.05) is 24.3 Å². The SMILES string of the molecule is NCCc1ccccc1C(=O)NCC1CCCC1O. The van der Waals surface area contributed by atoms with Crippen LogP contribution in [0.3, 0.4) is 0 Å². The van der Waals surface area contributed by atoms with Crippen molar-refractivity contribution in [3.63, 3.8) is 0 Å². The van der Waals surface area contributed by atoms with Crippen molar-refractivity contribution in [3.05, 3.63) is 35.4 Å². The molecule has 1 fully saturated rings. The first kappa shape index (κ1) is 14.0. The van der Waals surface area contributed by atoms with E-state index in [4.69, 9.17) is 5.73 Å². The number of nitrogens with two attached hydrogens (primary N) is 1. The molecular formula is C15H22N2O2. The Morgan fingerprint density at radius 1 is 1.37 bits per heavy atom. The lowest BCUT2D eigenvalue weighted by atomic mass is 10.0. The minimum absolute atomic E-state index is 0.0665. The molecule has 0 radical (unpaired) electrons. The zero-order chi connectivity index (χ0) is 13.7. The number of amides is 1. The molecule has 1 aliphatic rings. The molecule has 1 amide bonds. The van der Waals surface area contributed by atoms with Gasteiger partial charge in [-0.25, -0.2) is 0 Å². The van der Waals surface area contributed by atoms with Gasteiger partial charge in [0.2, 0.25) is 0 Å². The number of rotatable bonds is 5. The van der Waals surface area contributed by atoms with Crippen molar-refractivity contribution >= 4 is 5.91 Å². The number of hydrogen-bond acceptors (Lipinski definition) is 3. The second kappa shape index (κ2) is 6.68. The number of aliphatic hydroxyl groups is 1. The summed E-state index contributed by atoms with van der Waals surface area (Å²) in [5, 5.41) is 12.7. The number of nitrogens with one attached hydrogen (secondary N) is 1. The Morgan fingerprint density at radius 3 is 2.84 bits per heavy atom. The first-order valence-corrected chi connectivity index (χ1v) is 6.96. The minimum Gasteiger partial charge on any atom is -0.393 e. The fourth-order valence-corrected chi connectivity index (χ4v) is 2.69. The van der Waals surface area contributed by atoms with E-state index in [1.54, 1.807) is 0 Å². The van der Waals surface area contributed by atoms with Crippen LogP contribution in [0, 0.1) is 5.92 Å². The standard InChI is InChI=1S/C15H22N2O2/c16-9-8-11-4-1-2-6-13(11)15(19)17-10-12-5-3-7-14(12)18/h1-2,4,6,12,14,18H,3,5,7-10,16H2,(H,17,19). The maximum atomic E-state index is 12.2. The van der Waals surface area contributed by atoms with Crippen LogP contribution >= 0.6 is 0 Å². The maximum Gasteiger partial charge on any atom is 0.251 e. The van der Waals surface area contributed by atoms with E-state index in [-0.39, 0.29) is 17.9 Å². The Morgan fingerprint density at radius 2 is 2.16 bits per heavy atom. The highest BCUT2D eigenvalue weighted by Gasteiger charge is 2.25. The normalized spacial score (nSPS) is 22.4. The highest BCUT2D eigenvalue weighted by Crippen LogP contribution is 2.24. The molecule has 4 nitrogen and oxygen atoms in total. The van der Waals surface area contributed by atoms with Crippen LogP contribution < -0.4 is 11.1 Å². The first-order chi connectivity index (χ1) is 9.22. The van der Waals surface area contributed by atoms with E-state index in [0.29, 0.717) is 25.1 Å². The van der Waals surface area contributed by atoms with Crippen molar-refractivity contribution in [2.45, 2.75) is 31.8 Å². The topological polar surface area (TPSA) is 75.4 Å². The highest BCUT2D eigenvalue weighted by molar-refractivity contribution is 5.95. The quantitative estimate of drug-likeness (QED) is 0.743. The van der Waals surface area contributed by atoms with Crippen molar-refractivity contribution in [3.8, 4) is 0 Å². The van der Waals surface area contributed by atoms with Crippen molar-refractivity contribution in [2.75, 3.05) is 13.1 Å².